The molecule has 190 valence electrons. The lowest BCUT2D eigenvalue weighted by Crippen LogP contribution is -2.56. The van der Waals surface area contributed by atoms with Crippen molar-refractivity contribution in [2.45, 2.75) is 43.0 Å². The van der Waals surface area contributed by atoms with Gasteiger partial charge in [-0.1, -0.05) is 20.7 Å². The van der Waals surface area contributed by atoms with Crippen LogP contribution in [0.4, 0.5) is 24.1 Å². The number of nitrogens with zero attached hydrogens (tertiary/aromatic N) is 7. The van der Waals surface area contributed by atoms with E-state index in [0.29, 0.717) is 10.8 Å². The van der Waals surface area contributed by atoms with Crippen molar-refractivity contribution < 1.29 is 23.1 Å². The monoisotopic (exact) mass is 634 g/mol. The molecule has 17 heteroatoms. The van der Waals surface area contributed by atoms with E-state index in [1.54, 1.807) is 9.91 Å². The van der Waals surface area contributed by atoms with Crippen molar-refractivity contribution in [3.8, 4) is 0 Å². The Morgan fingerprint density at radius 1 is 1.39 bits per heavy atom. The zero-order valence-corrected chi connectivity index (χ0v) is 21.2. The van der Waals surface area contributed by atoms with E-state index in [1.807, 2.05) is 8.22 Å². The van der Waals surface area contributed by atoms with E-state index in [4.69, 9.17) is 0 Å². The van der Waals surface area contributed by atoms with Crippen LogP contribution in [0.3, 0.4) is 0 Å². The molecule has 6 rings (SSSR count). The van der Waals surface area contributed by atoms with E-state index in [2.05, 4.69) is 40.3 Å². The summed E-state index contributed by atoms with van der Waals surface area (Å²) in [6.07, 6.45) is -3.60. The van der Waals surface area contributed by atoms with Crippen LogP contribution in [0.1, 0.15) is 25.0 Å². The lowest BCUT2D eigenvalue weighted by atomic mass is 10.0. The van der Waals surface area contributed by atoms with Gasteiger partial charge >= 0.3 is 6.18 Å². The highest BCUT2D eigenvalue weighted by Crippen LogP contribution is 2.58. The highest BCUT2D eigenvalue weighted by Gasteiger charge is 2.65. The van der Waals surface area contributed by atoms with Crippen molar-refractivity contribution >= 4 is 65.1 Å². The molecule has 1 aliphatic carbocycles. The van der Waals surface area contributed by atoms with Crippen LogP contribution >= 0.6 is 32.3 Å². The average Bonchev–Trinajstić information content (AvgIpc) is 3.28. The molecule has 0 aromatic carbocycles. The zero-order chi connectivity index (χ0) is 25.1. The van der Waals surface area contributed by atoms with E-state index >= 15 is 0 Å². The Hall–Kier alpha value is -2.93. The minimum Gasteiger partial charge on any atom is -0.391 e. The van der Waals surface area contributed by atoms with E-state index in [-0.39, 0.29) is 55.0 Å². The highest BCUT2D eigenvalue weighted by molar-refractivity contribution is 14.2. The number of guanidine groups is 1. The maximum atomic E-state index is 13.5. The summed E-state index contributed by atoms with van der Waals surface area (Å²) < 4.78 is 48.3. The number of halogens is 4. The lowest BCUT2D eigenvalue weighted by Gasteiger charge is -2.33. The molecule has 5 heterocycles. The standard InChI is InChI=1S/C19H18F3IN10O2S/c20-19(21,22)18(1-2-18)12-4-13(30-29-12)26-14-11-5-23-7-33(11)31-16(27-14)32-6-9(34)3-10(32)15(35)28-17-24-8-25-36-17/h4-5,7-10,34H,1-3,6H2,(H,24,25,28,35)(H2,26,27,29,30,31)/t9-,10-/m0/s1. The van der Waals surface area contributed by atoms with Crippen molar-refractivity contribution in [3.05, 3.63) is 27.9 Å². The molecule has 36 heavy (non-hydrogen) atoms. The van der Waals surface area contributed by atoms with Gasteiger partial charge in [0.25, 0.3) is 0 Å². The number of carbonyl (C=O) groups excluding carboxylic acids is 1. The molecule has 4 aliphatic rings. The number of hydrazine groups is 1. The van der Waals surface area contributed by atoms with Gasteiger partial charge in [0, 0.05) is 34.6 Å². The van der Waals surface area contributed by atoms with E-state index < -0.39 is 44.5 Å². The predicted octanol–water partition coefficient (Wildman–Crippen LogP) is 1.72. The molecule has 2 atom stereocenters. The third kappa shape index (κ3) is 4.07. The van der Waals surface area contributed by atoms with Crippen LogP contribution < -0.4 is 10.7 Å². The first-order valence-electron chi connectivity index (χ1n) is 10.8. The molecular formula is C19H18F3IN10O2S. The first kappa shape index (κ1) is 23.5. The van der Waals surface area contributed by atoms with Gasteiger partial charge in [-0.3, -0.25) is 25.6 Å². The predicted molar refractivity (Wildman–Crippen MR) is 133 cm³/mol. The zero-order valence-electron chi connectivity index (χ0n) is 18.2. The van der Waals surface area contributed by atoms with Crippen molar-refractivity contribution in [3.63, 3.8) is 0 Å². The molecule has 1 saturated carbocycles. The molecule has 0 radical (unpaired) electrons. The number of carbonyl (C=O) groups is 1. The number of β-amino-alcohol motifs (C(OH)–C–C–N with tert-alkyl or cyclic N) is 1. The van der Waals surface area contributed by atoms with Gasteiger partial charge in [-0.05, 0) is 12.8 Å². The van der Waals surface area contributed by atoms with Crippen molar-refractivity contribution in [2.24, 2.45) is 9.98 Å². The fraction of sp³-hybridized carbons (Fsp3) is 0.421. The molecule has 4 N–H and O–H groups in total. The van der Waals surface area contributed by atoms with Crippen LogP contribution in [0.2, 0.25) is 0 Å². The van der Waals surface area contributed by atoms with Gasteiger partial charge in [0.15, 0.2) is 11.7 Å². The fourth-order valence-electron chi connectivity index (χ4n) is 4.26. The summed E-state index contributed by atoms with van der Waals surface area (Å²) >= 11 is 0.591. The number of fused-ring (bicyclic) bond motifs is 1. The second kappa shape index (κ2) is 8.58. The minimum absolute atomic E-state index is 0.0110. The summed E-state index contributed by atoms with van der Waals surface area (Å²) in [5.74, 6) is 0.242. The van der Waals surface area contributed by atoms with Crippen LogP contribution in [0.5, 0.6) is 0 Å². The SMILES string of the molecule is O=C(Nc1ncns1)[C@@H]1C[C@H](O)CN1C1=NC(=Nc2cc(C3(C(F)(F)F)CC3)[nH]n2)C2=CI=CN2N1. The molecule has 0 bridgehead atoms. The maximum absolute atomic E-state index is 13.5. The molecule has 2 fully saturated rings. The number of anilines is 1. The maximum Gasteiger partial charge on any atom is 0.399 e. The Labute approximate surface area is 215 Å². The van der Waals surface area contributed by atoms with Crippen molar-refractivity contribution in [2.75, 3.05) is 11.9 Å². The fourth-order valence-corrected chi connectivity index (χ4v) is 6.53. The van der Waals surface area contributed by atoms with Crippen LogP contribution in [-0.2, 0) is 10.2 Å². The van der Waals surface area contributed by atoms with Gasteiger partial charge in [0.1, 0.15) is 23.5 Å². The number of aromatic nitrogens is 4. The number of hydrogen-bond acceptors (Lipinski definition) is 10. The Morgan fingerprint density at radius 2 is 2.22 bits per heavy atom. The number of aliphatic imine (C=N–C) groups is 2. The summed E-state index contributed by atoms with van der Waals surface area (Å²) in [5.41, 5.74) is 1.89. The molecule has 0 unspecified atom stereocenters. The summed E-state index contributed by atoms with van der Waals surface area (Å²) in [6, 6.07) is 0.569. The van der Waals surface area contributed by atoms with Crippen molar-refractivity contribution in [1.29, 1.82) is 0 Å². The number of aliphatic hydroxyl groups excluding tert-OH is 1. The number of aromatic amines is 1. The number of H-pyrrole nitrogens is 1. The third-order valence-electron chi connectivity index (χ3n) is 6.28. The molecular weight excluding hydrogens is 616 g/mol. The van der Waals surface area contributed by atoms with Gasteiger partial charge in [-0.25, -0.2) is 9.98 Å². The smallest absolute Gasteiger partial charge is 0.391 e. The number of amidine groups is 1. The van der Waals surface area contributed by atoms with Crippen LogP contribution in [0, 0.1) is 0 Å². The van der Waals surface area contributed by atoms with E-state index in [0.717, 1.165) is 11.5 Å². The summed E-state index contributed by atoms with van der Waals surface area (Å²) in [5, 5.41) is 21.6. The number of rotatable bonds is 4. The number of alkyl halides is 3. The number of aliphatic hydroxyl groups is 1. The summed E-state index contributed by atoms with van der Waals surface area (Å²) in [7, 11) is 0. The third-order valence-corrected chi connectivity index (χ3v) is 8.69. The largest absolute Gasteiger partial charge is 0.399 e. The molecule has 0 spiro atoms. The van der Waals surface area contributed by atoms with Gasteiger partial charge in [-0.15, -0.1) is 0 Å². The normalized spacial score (nSPS) is 25.7. The number of hydrogen-bond donors (Lipinski definition) is 4. The molecule has 2 aromatic heterocycles. The Balaban J connectivity index is 1.30. The Kier molecular flexibility index (Phi) is 5.59. The second-order valence-electron chi connectivity index (χ2n) is 8.58. The second-order valence-corrected chi connectivity index (χ2v) is 11.3. The van der Waals surface area contributed by atoms with Crippen LogP contribution in [-0.4, -0.2) is 81.3 Å². The van der Waals surface area contributed by atoms with Crippen LogP contribution in [0.25, 0.3) is 0 Å². The number of nitrogens with one attached hydrogen (secondary N) is 3. The Bertz CT molecular complexity index is 1320. The molecule has 12 nitrogen and oxygen atoms in total. The van der Waals surface area contributed by atoms with E-state index in [9.17, 15) is 23.1 Å². The van der Waals surface area contributed by atoms with Gasteiger partial charge in [-0.2, -0.15) is 27.6 Å². The summed E-state index contributed by atoms with van der Waals surface area (Å²) in [4.78, 5) is 27.5. The van der Waals surface area contributed by atoms with Gasteiger partial charge in [0.2, 0.25) is 17.0 Å². The highest BCUT2D eigenvalue weighted by atomic mass is 127. The molecule has 2 aromatic rings. The number of amides is 1. The molecule has 1 amide bonds. The number of likely N-dealkylation sites (tertiary alicyclic amines) is 1. The quantitative estimate of drug-likeness (QED) is 0.372. The van der Waals surface area contributed by atoms with Crippen LogP contribution in [0.15, 0.2) is 32.2 Å². The Morgan fingerprint density at radius 3 is 2.94 bits per heavy atom. The summed E-state index contributed by atoms with van der Waals surface area (Å²) in [6.45, 7) is 0.149. The minimum atomic E-state index is -4.37. The lowest BCUT2D eigenvalue weighted by molar-refractivity contribution is -0.161. The first-order valence-corrected chi connectivity index (χ1v) is 14.0. The average molecular weight is 634 g/mol. The molecule has 3 aliphatic heterocycles. The van der Waals surface area contributed by atoms with Gasteiger partial charge in [0.05, 0.1) is 15.9 Å². The van der Waals surface area contributed by atoms with Crippen molar-refractivity contribution in [1.82, 2.24) is 34.9 Å². The molecule has 1 saturated heterocycles. The topological polar surface area (TPSA) is 147 Å². The van der Waals surface area contributed by atoms with E-state index in [1.165, 1.54) is 12.4 Å². The van der Waals surface area contributed by atoms with Gasteiger partial charge < -0.3 is 10.0 Å². The first-order chi connectivity index (χ1) is 17.2.